The average Bonchev–Trinajstić information content (AvgIpc) is 3.37. The average molecular weight is 462 g/mol. The van der Waals surface area contributed by atoms with Gasteiger partial charge in [-0.25, -0.2) is 0 Å². The zero-order valence-electron chi connectivity index (χ0n) is 17.7. The number of rotatable bonds is 6. The highest BCUT2D eigenvalue weighted by Crippen LogP contribution is 2.30. The standard InChI is InChI=1S/C22H27N3O4S2/c1-12(2)9-15(24-22(29)19-10-18-17(31-19)7-8-30-18)21(28)23-14-5-3-13-4-6-20(27)25(13)11-16(14)26/h7-8,10,12-15H,3-6,9,11H2,1-2H3,(H,23,28)(H,24,29)/t13-,14+,15+/m1/s1. The maximum atomic E-state index is 13.1. The van der Waals surface area contributed by atoms with Crippen molar-refractivity contribution in [2.24, 2.45) is 5.92 Å². The molecule has 0 bridgehead atoms. The summed E-state index contributed by atoms with van der Waals surface area (Å²) in [4.78, 5) is 52.8. The predicted molar refractivity (Wildman–Crippen MR) is 121 cm³/mol. The summed E-state index contributed by atoms with van der Waals surface area (Å²) >= 11 is 2.99. The van der Waals surface area contributed by atoms with Gasteiger partial charge in [0.2, 0.25) is 11.8 Å². The summed E-state index contributed by atoms with van der Waals surface area (Å²) in [6, 6.07) is 2.59. The van der Waals surface area contributed by atoms with Gasteiger partial charge in [0, 0.05) is 21.9 Å². The molecule has 9 heteroatoms. The molecule has 4 heterocycles. The molecule has 2 N–H and O–H groups in total. The number of hydrogen-bond acceptors (Lipinski definition) is 6. The first-order valence-corrected chi connectivity index (χ1v) is 12.4. The lowest BCUT2D eigenvalue weighted by molar-refractivity contribution is -0.134. The first-order chi connectivity index (χ1) is 14.8. The van der Waals surface area contributed by atoms with Crippen molar-refractivity contribution in [2.45, 2.75) is 64.1 Å². The lowest BCUT2D eigenvalue weighted by Crippen LogP contribution is -2.52. The Morgan fingerprint density at radius 2 is 2.00 bits per heavy atom. The Hall–Kier alpha value is -2.26. The van der Waals surface area contributed by atoms with E-state index < -0.39 is 12.1 Å². The normalized spacial score (nSPS) is 22.5. The zero-order valence-corrected chi connectivity index (χ0v) is 19.3. The maximum absolute atomic E-state index is 13.1. The van der Waals surface area contributed by atoms with Crippen molar-refractivity contribution in [3.8, 4) is 0 Å². The summed E-state index contributed by atoms with van der Waals surface area (Å²) in [7, 11) is 0. The highest BCUT2D eigenvalue weighted by Gasteiger charge is 2.38. The van der Waals surface area contributed by atoms with Crippen LogP contribution in [0.5, 0.6) is 0 Å². The Morgan fingerprint density at radius 1 is 1.19 bits per heavy atom. The van der Waals surface area contributed by atoms with Gasteiger partial charge in [-0.3, -0.25) is 19.2 Å². The van der Waals surface area contributed by atoms with Gasteiger partial charge in [-0.15, -0.1) is 22.7 Å². The van der Waals surface area contributed by atoms with Crippen LogP contribution in [-0.2, 0) is 14.4 Å². The van der Waals surface area contributed by atoms with E-state index in [1.165, 1.54) is 11.3 Å². The molecule has 2 fully saturated rings. The van der Waals surface area contributed by atoms with Gasteiger partial charge in [0.15, 0.2) is 5.78 Å². The number of ketones is 1. The fraction of sp³-hybridized carbons (Fsp3) is 0.545. The van der Waals surface area contributed by atoms with Crippen molar-refractivity contribution in [3.05, 3.63) is 22.4 Å². The molecule has 2 saturated heterocycles. The lowest BCUT2D eigenvalue weighted by Gasteiger charge is -2.23. The minimum Gasteiger partial charge on any atom is -0.344 e. The van der Waals surface area contributed by atoms with Gasteiger partial charge < -0.3 is 15.5 Å². The molecule has 0 radical (unpaired) electrons. The Morgan fingerprint density at radius 3 is 2.74 bits per heavy atom. The molecule has 0 spiro atoms. The number of fused-ring (bicyclic) bond motifs is 2. The van der Waals surface area contributed by atoms with Crippen LogP contribution in [0, 0.1) is 5.92 Å². The van der Waals surface area contributed by atoms with Crippen LogP contribution in [-0.4, -0.2) is 53.1 Å². The van der Waals surface area contributed by atoms with Crippen molar-refractivity contribution >= 4 is 55.6 Å². The van der Waals surface area contributed by atoms with E-state index in [0.717, 1.165) is 15.8 Å². The Kier molecular flexibility index (Phi) is 6.43. The lowest BCUT2D eigenvalue weighted by atomic mass is 10.0. The molecule has 2 aliphatic rings. The molecule has 3 amide bonds. The zero-order chi connectivity index (χ0) is 22.1. The number of nitrogens with one attached hydrogen (secondary N) is 2. The van der Waals surface area contributed by atoms with Gasteiger partial charge in [-0.2, -0.15) is 0 Å². The van der Waals surface area contributed by atoms with E-state index in [1.54, 1.807) is 16.2 Å². The Bertz CT molecular complexity index is 983. The molecular weight excluding hydrogens is 434 g/mol. The van der Waals surface area contributed by atoms with Crippen LogP contribution in [0.1, 0.15) is 55.6 Å². The second-order valence-electron chi connectivity index (χ2n) is 8.73. The van der Waals surface area contributed by atoms with Crippen molar-refractivity contribution in [1.29, 1.82) is 0 Å². The fourth-order valence-corrected chi connectivity index (χ4v) is 6.36. The molecule has 31 heavy (non-hydrogen) atoms. The van der Waals surface area contributed by atoms with Crippen LogP contribution in [0.25, 0.3) is 9.40 Å². The minimum absolute atomic E-state index is 0.0196. The number of carbonyl (C=O) groups is 4. The molecule has 0 saturated carbocycles. The van der Waals surface area contributed by atoms with Gasteiger partial charge in [-0.1, -0.05) is 13.8 Å². The van der Waals surface area contributed by atoms with Gasteiger partial charge >= 0.3 is 0 Å². The van der Waals surface area contributed by atoms with Gasteiger partial charge in [0.1, 0.15) is 6.04 Å². The first-order valence-electron chi connectivity index (χ1n) is 10.7. The number of nitrogens with zero attached hydrogens (tertiary/aromatic N) is 1. The van der Waals surface area contributed by atoms with Gasteiger partial charge in [-0.05, 0) is 49.1 Å². The van der Waals surface area contributed by atoms with Crippen molar-refractivity contribution < 1.29 is 19.2 Å². The van der Waals surface area contributed by atoms with Crippen LogP contribution in [0.15, 0.2) is 17.5 Å². The van der Waals surface area contributed by atoms with E-state index in [0.29, 0.717) is 30.6 Å². The van der Waals surface area contributed by atoms with Crippen LogP contribution in [0.3, 0.4) is 0 Å². The fourth-order valence-electron chi connectivity index (χ4n) is 4.34. The van der Waals surface area contributed by atoms with Crippen LogP contribution < -0.4 is 10.6 Å². The summed E-state index contributed by atoms with van der Waals surface area (Å²) in [5.74, 6) is -0.541. The van der Waals surface area contributed by atoms with Crippen LogP contribution >= 0.6 is 22.7 Å². The maximum Gasteiger partial charge on any atom is 0.262 e. The highest BCUT2D eigenvalue weighted by molar-refractivity contribution is 7.27. The summed E-state index contributed by atoms with van der Waals surface area (Å²) in [5.41, 5.74) is 0. The molecule has 0 aliphatic carbocycles. The topological polar surface area (TPSA) is 95.6 Å². The quantitative estimate of drug-likeness (QED) is 0.691. The number of carbonyl (C=O) groups excluding carboxylic acids is 4. The second-order valence-corrected chi connectivity index (χ2v) is 10.8. The SMILES string of the molecule is CC(C)C[C@H](NC(=O)c1cc2sccc2s1)C(=O)N[C@H]1CC[C@@H]2CCC(=O)N2CC1=O. The third-order valence-corrected chi connectivity index (χ3v) is 8.06. The summed E-state index contributed by atoms with van der Waals surface area (Å²) < 4.78 is 2.11. The second kappa shape index (κ2) is 9.08. The molecule has 2 aromatic heterocycles. The number of amides is 3. The number of Topliss-reactive ketones (excluding diaryl/α,β-unsaturated/α-hetero) is 1. The molecule has 166 valence electrons. The van der Waals surface area contributed by atoms with E-state index in [1.807, 2.05) is 31.4 Å². The Labute approximate surface area is 189 Å². The summed E-state index contributed by atoms with van der Waals surface area (Å²) in [6.07, 6.45) is 2.97. The van der Waals surface area contributed by atoms with E-state index in [9.17, 15) is 19.2 Å². The molecular formula is C22H27N3O4S2. The van der Waals surface area contributed by atoms with Gasteiger partial charge in [0.05, 0.1) is 17.5 Å². The third kappa shape index (κ3) is 4.82. The van der Waals surface area contributed by atoms with Gasteiger partial charge in [0.25, 0.3) is 5.91 Å². The van der Waals surface area contributed by atoms with E-state index in [4.69, 9.17) is 0 Å². The monoisotopic (exact) mass is 461 g/mol. The molecule has 0 unspecified atom stereocenters. The molecule has 3 atom stereocenters. The van der Waals surface area contributed by atoms with Crippen molar-refractivity contribution in [3.63, 3.8) is 0 Å². The summed E-state index contributed by atoms with van der Waals surface area (Å²) in [5, 5.41) is 7.72. The third-order valence-electron chi connectivity index (χ3n) is 5.96. The summed E-state index contributed by atoms with van der Waals surface area (Å²) in [6.45, 7) is 4.04. The molecule has 2 aromatic rings. The first kappa shape index (κ1) is 22.0. The van der Waals surface area contributed by atoms with Crippen LogP contribution in [0.4, 0.5) is 0 Å². The van der Waals surface area contributed by atoms with E-state index in [2.05, 4.69) is 10.6 Å². The molecule has 2 aliphatic heterocycles. The van der Waals surface area contributed by atoms with Crippen molar-refractivity contribution in [1.82, 2.24) is 15.5 Å². The largest absolute Gasteiger partial charge is 0.344 e. The van der Waals surface area contributed by atoms with E-state index >= 15 is 0 Å². The molecule has 0 aromatic carbocycles. The minimum atomic E-state index is -0.717. The molecule has 7 nitrogen and oxygen atoms in total. The Balaban J connectivity index is 1.42. The highest BCUT2D eigenvalue weighted by atomic mass is 32.1. The van der Waals surface area contributed by atoms with E-state index in [-0.39, 0.29) is 42.0 Å². The molecule has 4 rings (SSSR count). The predicted octanol–water partition coefficient (Wildman–Crippen LogP) is 2.95. The van der Waals surface area contributed by atoms with Crippen molar-refractivity contribution in [2.75, 3.05) is 6.54 Å². The number of hydrogen-bond donors (Lipinski definition) is 2. The van der Waals surface area contributed by atoms with Crippen LogP contribution in [0.2, 0.25) is 0 Å². The number of thiophene rings is 2. The smallest absolute Gasteiger partial charge is 0.262 e.